The fraction of sp³-hybridized carbons (Fsp3) is 0.611. The number of rotatable bonds is 4. The van der Waals surface area contributed by atoms with Crippen molar-refractivity contribution < 1.29 is 9.53 Å². The largest absolute Gasteiger partial charge is 0.481 e. The molecule has 0 bridgehead atoms. The number of benzene rings is 1. The van der Waals surface area contributed by atoms with E-state index in [0.717, 1.165) is 25.1 Å². The van der Waals surface area contributed by atoms with Crippen molar-refractivity contribution in [3.63, 3.8) is 0 Å². The lowest BCUT2D eigenvalue weighted by Gasteiger charge is -2.37. The molecular formula is C18H28N2O2. The van der Waals surface area contributed by atoms with Gasteiger partial charge in [-0.1, -0.05) is 26.0 Å². The van der Waals surface area contributed by atoms with Crippen molar-refractivity contribution in [2.24, 2.45) is 5.73 Å². The van der Waals surface area contributed by atoms with Gasteiger partial charge in [0.15, 0.2) is 6.10 Å². The highest BCUT2D eigenvalue weighted by Gasteiger charge is 2.30. The molecule has 2 N–H and O–H groups in total. The van der Waals surface area contributed by atoms with E-state index in [0.29, 0.717) is 5.92 Å². The number of carbonyl (C=O) groups excluding carboxylic acids is 1. The minimum atomic E-state index is -0.473. The van der Waals surface area contributed by atoms with Gasteiger partial charge in [-0.2, -0.15) is 0 Å². The molecular weight excluding hydrogens is 276 g/mol. The minimum absolute atomic E-state index is 0.0503. The Hall–Kier alpha value is -1.55. The first-order valence-electron chi connectivity index (χ1n) is 8.21. The normalized spacial score (nSPS) is 23.5. The average molecular weight is 304 g/mol. The number of amides is 1. The Morgan fingerprint density at radius 3 is 2.73 bits per heavy atom. The summed E-state index contributed by atoms with van der Waals surface area (Å²) >= 11 is 0. The fourth-order valence-electron chi connectivity index (χ4n) is 2.97. The van der Waals surface area contributed by atoms with Gasteiger partial charge >= 0.3 is 0 Å². The van der Waals surface area contributed by atoms with Crippen molar-refractivity contribution in [3.8, 4) is 5.75 Å². The predicted molar refractivity (Wildman–Crippen MR) is 89.0 cm³/mol. The molecule has 1 aliphatic rings. The maximum Gasteiger partial charge on any atom is 0.263 e. The molecule has 0 spiro atoms. The van der Waals surface area contributed by atoms with Crippen molar-refractivity contribution in [1.29, 1.82) is 0 Å². The second kappa shape index (κ2) is 7.14. The van der Waals surface area contributed by atoms with E-state index < -0.39 is 6.10 Å². The molecule has 122 valence electrons. The van der Waals surface area contributed by atoms with Gasteiger partial charge < -0.3 is 15.4 Å². The van der Waals surface area contributed by atoms with Crippen molar-refractivity contribution in [1.82, 2.24) is 4.90 Å². The first-order chi connectivity index (χ1) is 10.4. The molecule has 1 aromatic rings. The summed E-state index contributed by atoms with van der Waals surface area (Å²) in [6, 6.07) is 8.37. The number of ether oxygens (including phenoxy) is 1. The van der Waals surface area contributed by atoms with Crippen LogP contribution < -0.4 is 10.5 Å². The van der Waals surface area contributed by atoms with Crippen molar-refractivity contribution in [2.75, 3.05) is 6.54 Å². The van der Waals surface area contributed by atoms with Crippen LogP contribution in [0.1, 0.15) is 52.0 Å². The Morgan fingerprint density at radius 2 is 2.09 bits per heavy atom. The molecule has 1 aliphatic heterocycles. The highest BCUT2D eigenvalue weighted by Crippen LogP contribution is 2.22. The van der Waals surface area contributed by atoms with Crippen LogP contribution in [-0.2, 0) is 4.79 Å². The summed E-state index contributed by atoms with van der Waals surface area (Å²) < 4.78 is 5.87. The van der Waals surface area contributed by atoms with Gasteiger partial charge in [-0.15, -0.1) is 0 Å². The summed E-state index contributed by atoms with van der Waals surface area (Å²) in [5.74, 6) is 1.25. The predicted octanol–water partition coefficient (Wildman–Crippen LogP) is 2.92. The van der Waals surface area contributed by atoms with E-state index in [-0.39, 0.29) is 18.0 Å². The van der Waals surface area contributed by atoms with Crippen LogP contribution in [0.2, 0.25) is 0 Å². The van der Waals surface area contributed by atoms with Crippen LogP contribution in [0.4, 0.5) is 0 Å². The Bertz CT molecular complexity index is 516. The van der Waals surface area contributed by atoms with Gasteiger partial charge in [-0.05, 0) is 50.3 Å². The van der Waals surface area contributed by atoms with Crippen LogP contribution in [0.15, 0.2) is 24.3 Å². The molecule has 22 heavy (non-hydrogen) atoms. The number of hydrogen-bond donors (Lipinski definition) is 1. The van der Waals surface area contributed by atoms with Gasteiger partial charge in [0.2, 0.25) is 0 Å². The summed E-state index contributed by atoms with van der Waals surface area (Å²) in [6.45, 7) is 8.90. The molecule has 4 nitrogen and oxygen atoms in total. The van der Waals surface area contributed by atoms with Gasteiger partial charge in [0.1, 0.15) is 5.75 Å². The maximum absolute atomic E-state index is 12.6. The van der Waals surface area contributed by atoms with Crippen molar-refractivity contribution in [2.45, 2.75) is 64.6 Å². The number of hydrogen-bond acceptors (Lipinski definition) is 3. The molecule has 0 unspecified atom stereocenters. The van der Waals surface area contributed by atoms with Gasteiger partial charge in [0, 0.05) is 18.6 Å². The van der Waals surface area contributed by atoms with Crippen LogP contribution in [0.3, 0.4) is 0 Å². The summed E-state index contributed by atoms with van der Waals surface area (Å²) in [5, 5.41) is 0. The third-order valence-electron chi connectivity index (χ3n) is 4.39. The maximum atomic E-state index is 12.6. The minimum Gasteiger partial charge on any atom is -0.481 e. The van der Waals surface area contributed by atoms with Gasteiger partial charge in [-0.3, -0.25) is 4.79 Å². The fourth-order valence-corrected chi connectivity index (χ4v) is 2.97. The topological polar surface area (TPSA) is 55.6 Å². The highest BCUT2D eigenvalue weighted by atomic mass is 16.5. The Kier molecular flexibility index (Phi) is 5.46. The first kappa shape index (κ1) is 16.8. The van der Waals surface area contributed by atoms with Crippen LogP contribution >= 0.6 is 0 Å². The van der Waals surface area contributed by atoms with E-state index >= 15 is 0 Å². The zero-order valence-electron chi connectivity index (χ0n) is 14.1. The molecule has 0 aliphatic carbocycles. The SMILES string of the molecule is CC(C)c1cccc(O[C@@H](C)C(=O)N2CC[C@H](N)C[C@H]2C)c1. The monoisotopic (exact) mass is 304 g/mol. The molecule has 0 saturated carbocycles. The Labute approximate surface area is 133 Å². The Balaban J connectivity index is 2.01. The molecule has 1 aromatic carbocycles. The van der Waals surface area contributed by atoms with E-state index in [4.69, 9.17) is 10.5 Å². The molecule has 0 radical (unpaired) electrons. The van der Waals surface area contributed by atoms with E-state index in [9.17, 15) is 4.79 Å². The summed E-state index contributed by atoms with van der Waals surface area (Å²) in [5.41, 5.74) is 7.18. The second-order valence-corrected chi connectivity index (χ2v) is 6.65. The van der Waals surface area contributed by atoms with Crippen LogP contribution in [0.5, 0.6) is 5.75 Å². The summed E-state index contributed by atoms with van der Waals surface area (Å²) in [7, 11) is 0. The quantitative estimate of drug-likeness (QED) is 0.930. The summed E-state index contributed by atoms with van der Waals surface area (Å²) in [6.07, 6.45) is 1.26. The summed E-state index contributed by atoms with van der Waals surface area (Å²) in [4.78, 5) is 14.5. The first-order valence-corrected chi connectivity index (χ1v) is 8.21. The van der Waals surface area contributed by atoms with E-state index in [1.165, 1.54) is 5.56 Å². The lowest BCUT2D eigenvalue weighted by atomic mass is 9.98. The molecule has 0 aromatic heterocycles. The zero-order chi connectivity index (χ0) is 16.3. The smallest absolute Gasteiger partial charge is 0.263 e. The van der Waals surface area contributed by atoms with Crippen LogP contribution in [0.25, 0.3) is 0 Å². The van der Waals surface area contributed by atoms with Crippen molar-refractivity contribution >= 4 is 5.91 Å². The molecule has 4 heteroatoms. The molecule has 1 amide bonds. The van der Waals surface area contributed by atoms with Crippen molar-refractivity contribution in [3.05, 3.63) is 29.8 Å². The molecule has 1 heterocycles. The third-order valence-corrected chi connectivity index (χ3v) is 4.39. The Morgan fingerprint density at radius 1 is 1.36 bits per heavy atom. The van der Waals surface area contributed by atoms with E-state index in [1.807, 2.05) is 30.0 Å². The number of carbonyl (C=O) groups is 1. The number of piperidine rings is 1. The van der Waals surface area contributed by atoms with Gasteiger partial charge in [0.25, 0.3) is 5.91 Å². The molecule has 1 fully saturated rings. The standard InChI is InChI=1S/C18H28N2O2/c1-12(2)15-6-5-7-17(11-15)22-14(4)18(21)20-9-8-16(19)10-13(20)3/h5-7,11-14,16H,8-10,19H2,1-4H3/t13-,14+,16+/m1/s1. The van der Waals surface area contributed by atoms with E-state index in [1.54, 1.807) is 0 Å². The van der Waals surface area contributed by atoms with Gasteiger partial charge in [-0.25, -0.2) is 0 Å². The highest BCUT2D eigenvalue weighted by molar-refractivity contribution is 5.81. The van der Waals surface area contributed by atoms with Gasteiger partial charge in [0.05, 0.1) is 0 Å². The van der Waals surface area contributed by atoms with Crippen LogP contribution in [0, 0.1) is 0 Å². The number of nitrogens with zero attached hydrogens (tertiary/aromatic N) is 1. The number of likely N-dealkylation sites (tertiary alicyclic amines) is 1. The third kappa shape index (κ3) is 4.01. The zero-order valence-corrected chi connectivity index (χ0v) is 14.1. The second-order valence-electron chi connectivity index (χ2n) is 6.65. The molecule has 2 rings (SSSR count). The molecule has 1 saturated heterocycles. The van der Waals surface area contributed by atoms with E-state index in [2.05, 4.69) is 26.8 Å². The molecule has 3 atom stereocenters. The average Bonchev–Trinajstić information content (AvgIpc) is 2.46. The van der Waals surface area contributed by atoms with Crippen LogP contribution in [-0.4, -0.2) is 35.5 Å². The number of nitrogens with two attached hydrogens (primary N) is 1. The lowest BCUT2D eigenvalue weighted by Crippen LogP contribution is -2.51. The lowest BCUT2D eigenvalue weighted by molar-refractivity contribution is -0.141.